The number of phenols is 2. The highest BCUT2D eigenvalue weighted by Gasteiger charge is 2.46. The first-order valence-electron chi connectivity index (χ1n) is 7.07. The molecule has 0 unspecified atom stereocenters. The fourth-order valence-corrected chi connectivity index (χ4v) is 2.60. The third-order valence-electron chi connectivity index (χ3n) is 4.12. The van der Waals surface area contributed by atoms with Crippen molar-refractivity contribution in [3.05, 3.63) is 59.4 Å². The van der Waals surface area contributed by atoms with Crippen molar-refractivity contribution in [3.63, 3.8) is 0 Å². The maximum Gasteiger partial charge on any atom is 0.251 e. The van der Waals surface area contributed by atoms with Crippen LogP contribution in [0.1, 0.15) is 28.8 Å². The van der Waals surface area contributed by atoms with Crippen LogP contribution in [-0.4, -0.2) is 22.7 Å². The predicted octanol–water partition coefficient (Wildman–Crippen LogP) is 2.70. The Kier molecular flexibility index (Phi) is 3.48. The quantitative estimate of drug-likeness (QED) is 0.760. The molecule has 3 N–H and O–H groups in total. The van der Waals surface area contributed by atoms with E-state index in [4.69, 9.17) is 0 Å². The fourth-order valence-electron chi connectivity index (χ4n) is 2.60. The second-order valence-electron chi connectivity index (χ2n) is 5.65. The zero-order chi connectivity index (χ0) is 15.7. The molecule has 3 rings (SSSR count). The van der Waals surface area contributed by atoms with Crippen LogP contribution in [-0.2, 0) is 5.41 Å². The summed E-state index contributed by atoms with van der Waals surface area (Å²) in [5.41, 5.74) is 0.545. The normalized spacial score (nSPS) is 15.3. The van der Waals surface area contributed by atoms with Crippen molar-refractivity contribution in [2.45, 2.75) is 18.3 Å². The van der Waals surface area contributed by atoms with Gasteiger partial charge in [-0.1, -0.05) is 18.2 Å². The smallest absolute Gasteiger partial charge is 0.251 e. The Labute approximate surface area is 127 Å². The van der Waals surface area contributed by atoms with E-state index in [-0.39, 0.29) is 34.2 Å². The number of amides is 1. The molecule has 114 valence electrons. The average molecular weight is 301 g/mol. The number of carbonyl (C=O) groups is 1. The maximum absolute atomic E-state index is 13.9. The molecule has 4 nitrogen and oxygen atoms in total. The molecule has 1 saturated carbocycles. The highest BCUT2D eigenvalue weighted by Crippen LogP contribution is 2.48. The van der Waals surface area contributed by atoms with Crippen LogP contribution in [0.2, 0.25) is 0 Å². The number of halogens is 1. The molecule has 1 aliphatic rings. The summed E-state index contributed by atoms with van der Waals surface area (Å²) >= 11 is 0. The number of aromatic hydroxyl groups is 2. The van der Waals surface area contributed by atoms with Gasteiger partial charge < -0.3 is 15.5 Å². The Morgan fingerprint density at radius 1 is 1.14 bits per heavy atom. The van der Waals surface area contributed by atoms with Crippen LogP contribution in [0.3, 0.4) is 0 Å². The lowest BCUT2D eigenvalue weighted by atomic mass is 9.95. The van der Waals surface area contributed by atoms with Crippen LogP contribution in [0.4, 0.5) is 4.39 Å². The van der Waals surface area contributed by atoms with E-state index in [0.29, 0.717) is 12.1 Å². The van der Waals surface area contributed by atoms with Crippen molar-refractivity contribution < 1.29 is 19.4 Å². The Bertz CT molecular complexity index is 726. The summed E-state index contributed by atoms with van der Waals surface area (Å²) in [6, 6.07) is 10.5. The standard InChI is InChI=1S/C17H16FNO3/c18-13-4-2-1-3-12(13)17(7-8-17)10-19-16(22)11-5-6-14(20)15(21)9-11/h1-6,9,20-21H,7-8,10H2,(H,19,22). The lowest BCUT2D eigenvalue weighted by molar-refractivity contribution is 0.0949. The molecule has 0 saturated heterocycles. The monoisotopic (exact) mass is 301 g/mol. The van der Waals surface area contributed by atoms with Crippen molar-refractivity contribution in [1.29, 1.82) is 0 Å². The Morgan fingerprint density at radius 3 is 2.50 bits per heavy atom. The molecule has 0 atom stereocenters. The van der Waals surface area contributed by atoms with Gasteiger partial charge in [-0.05, 0) is 42.7 Å². The molecule has 2 aromatic rings. The van der Waals surface area contributed by atoms with Gasteiger partial charge in [0, 0.05) is 17.5 Å². The third-order valence-corrected chi connectivity index (χ3v) is 4.12. The minimum absolute atomic E-state index is 0.250. The number of phenolic OH excluding ortho intramolecular Hbond substituents is 2. The van der Waals surface area contributed by atoms with E-state index in [2.05, 4.69) is 5.32 Å². The summed E-state index contributed by atoms with van der Waals surface area (Å²) < 4.78 is 13.9. The van der Waals surface area contributed by atoms with Crippen molar-refractivity contribution >= 4 is 5.91 Å². The van der Waals surface area contributed by atoms with Crippen LogP contribution >= 0.6 is 0 Å². The SMILES string of the molecule is O=C(NCC1(c2ccccc2F)CC1)c1ccc(O)c(O)c1. The summed E-state index contributed by atoms with van der Waals surface area (Å²) in [6.07, 6.45) is 1.66. The number of hydrogen-bond acceptors (Lipinski definition) is 3. The van der Waals surface area contributed by atoms with E-state index in [1.165, 1.54) is 24.3 Å². The first-order chi connectivity index (χ1) is 10.5. The topological polar surface area (TPSA) is 69.6 Å². The van der Waals surface area contributed by atoms with Gasteiger partial charge in [0.05, 0.1) is 0 Å². The number of hydrogen-bond donors (Lipinski definition) is 3. The molecule has 0 radical (unpaired) electrons. The van der Waals surface area contributed by atoms with Gasteiger partial charge in [-0.25, -0.2) is 4.39 Å². The minimum atomic E-state index is -0.363. The number of benzene rings is 2. The van der Waals surface area contributed by atoms with Crippen LogP contribution < -0.4 is 5.32 Å². The lowest BCUT2D eigenvalue weighted by Gasteiger charge is -2.17. The number of nitrogens with one attached hydrogen (secondary N) is 1. The molecule has 0 spiro atoms. The molecule has 0 heterocycles. The van der Waals surface area contributed by atoms with Crippen LogP contribution in [0.15, 0.2) is 42.5 Å². The van der Waals surface area contributed by atoms with Gasteiger partial charge in [0.2, 0.25) is 0 Å². The van der Waals surface area contributed by atoms with Gasteiger partial charge >= 0.3 is 0 Å². The third kappa shape index (κ3) is 2.62. The molecule has 1 aliphatic carbocycles. The number of carbonyl (C=O) groups excluding carboxylic acids is 1. The minimum Gasteiger partial charge on any atom is -0.504 e. The van der Waals surface area contributed by atoms with Gasteiger partial charge in [-0.3, -0.25) is 4.79 Å². The fraction of sp³-hybridized carbons (Fsp3) is 0.235. The first kappa shape index (κ1) is 14.4. The largest absolute Gasteiger partial charge is 0.504 e. The summed E-state index contributed by atoms with van der Waals surface area (Å²) in [7, 11) is 0. The van der Waals surface area contributed by atoms with Gasteiger partial charge in [-0.15, -0.1) is 0 Å². The van der Waals surface area contributed by atoms with E-state index < -0.39 is 0 Å². The molecule has 0 bridgehead atoms. The van der Waals surface area contributed by atoms with E-state index in [0.717, 1.165) is 12.8 Å². The van der Waals surface area contributed by atoms with E-state index in [1.54, 1.807) is 18.2 Å². The van der Waals surface area contributed by atoms with Gasteiger partial charge in [0.25, 0.3) is 5.91 Å². The molecule has 2 aromatic carbocycles. The summed E-state index contributed by atoms with van der Waals surface area (Å²) in [5.74, 6) is -1.24. The van der Waals surface area contributed by atoms with Gasteiger partial charge in [0.1, 0.15) is 5.82 Å². The Morgan fingerprint density at radius 2 is 1.86 bits per heavy atom. The molecule has 1 amide bonds. The molecule has 5 heteroatoms. The van der Waals surface area contributed by atoms with E-state index in [1.807, 2.05) is 0 Å². The average Bonchev–Trinajstić information content (AvgIpc) is 3.29. The molecule has 0 aliphatic heterocycles. The second kappa shape index (κ2) is 5.33. The molecular formula is C17H16FNO3. The zero-order valence-electron chi connectivity index (χ0n) is 11.8. The Hall–Kier alpha value is -2.56. The summed E-state index contributed by atoms with van der Waals surface area (Å²) in [4.78, 5) is 12.1. The van der Waals surface area contributed by atoms with Crippen molar-refractivity contribution in [3.8, 4) is 11.5 Å². The Balaban J connectivity index is 1.71. The van der Waals surface area contributed by atoms with Crippen LogP contribution in [0.25, 0.3) is 0 Å². The van der Waals surface area contributed by atoms with Crippen molar-refractivity contribution in [1.82, 2.24) is 5.32 Å². The molecule has 0 aromatic heterocycles. The van der Waals surface area contributed by atoms with Crippen molar-refractivity contribution in [2.24, 2.45) is 0 Å². The van der Waals surface area contributed by atoms with Gasteiger partial charge in [-0.2, -0.15) is 0 Å². The first-order valence-corrected chi connectivity index (χ1v) is 7.07. The highest BCUT2D eigenvalue weighted by atomic mass is 19.1. The van der Waals surface area contributed by atoms with E-state index in [9.17, 15) is 19.4 Å². The van der Waals surface area contributed by atoms with Gasteiger partial charge in [0.15, 0.2) is 11.5 Å². The lowest BCUT2D eigenvalue weighted by Crippen LogP contribution is -2.32. The highest BCUT2D eigenvalue weighted by molar-refractivity contribution is 5.94. The second-order valence-corrected chi connectivity index (χ2v) is 5.65. The summed E-state index contributed by atoms with van der Waals surface area (Å²) in [5, 5.41) is 21.5. The molecule has 22 heavy (non-hydrogen) atoms. The zero-order valence-corrected chi connectivity index (χ0v) is 11.8. The summed E-state index contributed by atoms with van der Waals surface area (Å²) in [6.45, 7) is 0.342. The van der Waals surface area contributed by atoms with E-state index >= 15 is 0 Å². The molecule has 1 fully saturated rings. The number of rotatable bonds is 4. The van der Waals surface area contributed by atoms with Crippen molar-refractivity contribution in [2.75, 3.05) is 6.54 Å². The maximum atomic E-state index is 13.9. The van der Waals surface area contributed by atoms with Crippen LogP contribution in [0, 0.1) is 5.82 Å². The van der Waals surface area contributed by atoms with Crippen LogP contribution in [0.5, 0.6) is 11.5 Å². The predicted molar refractivity (Wildman–Crippen MR) is 79.4 cm³/mol. The molecular weight excluding hydrogens is 285 g/mol.